The van der Waals surface area contributed by atoms with Crippen LogP contribution in [0, 0.1) is 10.1 Å². The largest absolute Gasteiger partial charge is 0.490 e. The number of benzene rings is 1. The summed E-state index contributed by atoms with van der Waals surface area (Å²) in [6.07, 6.45) is 0.553. The van der Waals surface area contributed by atoms with Gasteiger partial charge in [0.05, 0.1) is 17.6 Å². The smallest absolute Gasteiger partial charge is 0.333 e. The first-order valence-electron chi connectivity index (χ1n) is 5.69. The van der Waals surface area contributed by atoms with Gasteiger partial charge in [0.25, 0.3) is 0 Å². The van der Waals surface area contributed by atoms with E-state index in [1.165, 1.54) is 13.2 Å². The predicted octanol–water partition coefficient (Wildman–Crippen LogP) is 2.18. The Labute approximate surface area is 106 Å². The summed E-state index contributed by atoms with van der Waals surface area (Å²) in [5, 5.41) is 23.8. The van der Waals surface area contributed by atoms with Crippen LogP contribution in [0.1, 0.15) is 20.3 Å². The number of aliphatic hydroxyl groups is 1. The monoisotopic (exact) mass is 254 g/mol. The molecule has 1 unspecified atom stereocenters. The van der Waals surface area contributed by atoms with Crippen molar-refractivity contribution < 1.29 is 14.8 Å². The molecule has 0 bridgehead atoms. The van der Waals surface area contributed by atoms with Crippen LogP contribution in [-0.2, 0) is 0 Å². The number of nitro benzene ring substituents is 1. The van der Waals surface area contributed by atoms with Gasteiger partial charge in [0.1, 0.15) is 5.69 Å². The Morgan fingerprint density at radius 1 is 1.56 bits per heavy atom. The molecule has 0 heterocycles. The summed E-state index contributed by atoms with van der Waals surface area (Å²) in [5.41, 5.74) is -0.684. The number of hydrogen-bond acceptors (Lipinski definition) is 5. The van der Waals surface area contributed by atoms with Crippen molar-refractivity contribution in [3.05, 3.63) is 28.3 Å². The summed E-state index contributed by atoms with van der Waals surface area (Å²) in [4.78, 5) is 10.5. The van der Waals surface area contributed by atoms with Crippen LogP contribution < -0.4 is 10.1 Å². The molecule has 0 radical (unpaired) electrons. The maximum atomic E-state index is 11.0. The highest BCUT2D eigenvalue weighted by Crippen LogP contribution is 2.34. The minimum Gasteiger partial charge on any atom is -0.490 e. The molecule has 1 aromatic carbocycles. The standard InChI is InChI=1S/C12H18N2O4/c1-4-12(2,15)8-13-9-6-5-7-10(18-3)11(9)14(16)17/h5-7,13,15H,4,8H2,1-3H3. The lowest BCUT2D eigenvalue weighted by Crippen LogP contribution is -2.32. The van der Waals surface area contributed by atoms with E-state index in [2.05, 4.69) is 5.32 Å². The van der Waals surface area contributed by atoms with Crippen LogP contribution in [-0.4, -0.2) is 29.3 Å². The molecule has 0 aliphatic heterocycles. The van der Waals surface area contributed by atoms with Crippen LogP contribution in [0.5, 0.6) is 5.75 Å². The van der Waals surface area contributed by atoms with Gasteiger partial charge in [-0.25, -0.2) is 0 Å². The molecule has 0 saturated heterocycles. The highest BCUT2D eigenvalue weighted by molar-refractivity contribution is 5.68. The molecule has 0 spiro atoms. The first kappa shape index (κ1) is 14.2. The van der Waals surface area contributed by atoms with E-state index in [-0.39, 0.29) is 18.0 Å². The molecule has 6 nitrogen and oxygen atoms in total. The van der Waals surface area contributed by atoms with E-state index in [0.29, 0.717) is 12.1 Å². The van der Waals surface area contributed by atoms with Crippen molar-refractivity contribution in [3.63, 3.8) is 0 Å². The lowest BCUT2D eigenvalue weighted by molar-refractivity contribution is -0.384. The van der Waals surface area contributed by atoms with E-state index in [1.54, 1.807) is 19.1 Å². The Morgan fingerprint density at radius 3 is 2.72 bits per heavy atom. The average molecular weight is 254 g/mol. The van der Waals surface area contributed by atoms with Gasteiger partial charge < -0.3 is 15.2 Å². The minimum atomic E-state index is -0.906. The maximum Gasteiger partial charge on any atom is 0.333 e. The fourth-order valence-corrected chi connectivity index (χ4v) is 1.43. The van der Waals surface area contributed by atoms with Gasteiger partial charge in [-0.1, -0.05) is 13.0 Å². The molecule has 18 heavy (non-hydrogen) atoms. The topological polar surface area (TPSA) is 84.6 Å². The lowest BCUT2D eigenvalue weighted by Gasteiger charge is -2.22. The quantitative estimate of drug-likeness (QED) is 0.600. The molecule has 6 heteroatoms. The zero-order chi connectivity index (χ0) is 13.8. The van der Waals surface area contributed by atoms with E-state index in [0.717, 1.165) is 0 Å². The number of nitro groups is 1. The molecule has 0 aliphatic carbocycles. The minimum absolute atomic E-state index is 0.119. The van der Waals surface area contributed by atoms with Gasteiger partial charge >= 0.3 is 5.69 Å². The van der Waals surface area contributed by atoms with Crippen molar-refractivity contribution in [2.24, 2.45) is 0 Å². The van der Waals surface area contributed by atoms with E-state index in [4.69, 9.17) is 4.74 Å². The van der Waals surface area contributed by atoms with Gasteiger partial charge in [-0.3, -0.25) is 10.1 Å². The van der Waals surface area contributed by atoms with Crippen molar-refractivity contribution in [2.45, 2.75) is 25.9 Å². The number of nitrogens with zero attached hydrogens (tertiary/aromatic N) is 1. The van der Waals surface area contributed by atoms with Crippen LogP contribution in [0.2, 0.25) is 0 Å². The zero-order valence-electron chi connectivity index (χ0n) is 10.8. The SMILES string of the molecule is CCC(C)(O)CNc1cccc(OC)c1[N+](=O)[O-]. The van der Waals surface area contributed by atoms with Crippen LogP contribution in [0.15, 0.2) is 18.2 Å². The maximum absolute atomic E-state index is 11.0. The first-order valence-corrected chi connectivity index (χ1v) is 5.69. The molecule has 1 rings (SSSR count). The Morgan fingerprint density at radius 2 is 2.22 bits per heavy atom. The van der Waals surface area contributed by atoms with Gasteiger partial charge in [0.2, 0.25) is 0 Å². The van der Waals surface area contributed by atoms with Crippen LogP contribution in [0.25, 0.3) is 0 Å². The van der Waals surface area contributed by atoms with Gasteiger partial charge in [-0.2, -0.15) is 0 Å². The van der Waals surface area contributed by atoms with E-state index in [9.17, 15) is 15.2 Å². The Kier molecular flexibility index (Phi) is 4.49. The van der Waals surface area contributed by atoms with Crippen molar-refractivity contribution in [3.8, 4) is 5.75 Å². The lowest BCUT2D eigenvalue weighted by atomic mass is 10.0. The summed E-state index contributed by atoms with van der Waals surface area (Å²) < 4.78 is 4.96. The van der Waals surface area contributed by atoms with Crippen molar-refractivity contribution in [1.82, 2.24) is 0 Å². The third-order valence-corrected chi connectivity index (χ3v) is 2.82. The number of hydrogen-bond donors (Lipinski definition) is 2. The van der Waals surface area contributed by atoms with Crippen LogP contribution in [0.4, 0.5) is 11.4 Å². The number of methoxy groups -OCH3 is 1. The van der Waals surface area contributed by atoms with E-state index < -0.39 is 10.5 Å². The second-order valence-corrected chi connectivity index (χ2v) is 4.32. The first-order chi connectivity index (χ1) is 8.41. The molecular weight excluding hydrogens is 236 g/mol. The number of para-hydroxylation sites is 1. The Balaban J connectivity index is 2.99. The highest BCUT2D eigenvalue weighted by Gasteiger charge is 2.23. The molecule has 0 fully saturated rings. The molecule has 0 aromatic heterocycles. The highest BCUT2D eigenvalue weighted by atomic mass is 16.6. The normalized spacial score (nSPS) is 13.8. The zero-order valence-corrected chi connectivity index (χ0v) is 10.8. The van der Waals surface area contributed by atoms with Crippen molar-refractivity contribution in [1.29, 1.82) is 0 Å². The predicted molar refractivity (Wildman–Crippen MR) is 69.1 cm³/mol. The molecule has 1 aromatic rings. The average Bonchev–Trinajstić information content (AvgIpc) is 2.35. The number of anilines is 1. The third kappa shape index (κ3) is 3.33. The van der Waals surface area contributed by atoms with Crippen molar-refractivity contribution in [2.75, 3.05) is 19.0 Å². The second kappa shape index (κ2) is 5.68. The van der Waals surface area contributed by atoms with Crippen molar-refractivity contribution >= 4 is 11.4 Å². The van der Waals surface area contributed by atoms with Crippen LogP contribution >= 0.6 is 0 Å². The van der Waals surface area contributed by atoms with Gasteiger partial charge in [-0.15, -0.1) is 0 Å². The summed E-state index contributed by atoms with van der Waals surface area (Å²) >= 11 is 0. The second-order valence-electron chi connectivity index (χ2n) is 4.32. The Bertz CT molecular complexity index is 432. The molecule has 0 aliphatic rings. The van der Waals surface area contributed by atoms with E-state index in [1.807, 2.05) is 6.92 Å². The summed E-state index contributed by atoms with van der Waals surface area (Å²) in [5.74, 6) is 0.196. The van der Waals surface area contributed by atoms with Gasteiger partial charge in [0, 0.05) is 6.54 Å². The van der Waals surface area contributed by atoms with Crippen LogP contribution in [0.3, 0.4) is 0 Å². The Hall–Kier alpha value is -1.82. The van der Waals surface area contributed by atoms with E-state index >= 15 is 0 Å². The third-order valence-electron chi connectivity index (χ3n) is 2.82. The van der Waals surface area contributed by atoms with Gasteiger partial charge in [0.15, 0.2) is 5.75 Å². The molecular formula is C12H18N2O4. The summed E-state index contributed by atoms with van der Waals surface area (Å²) in [6, 6.07) is 4.78. The molecule has 100 valence electrons. The summed E-state index contributed by atoms with van der Waals surface area (Å²) in [6.45, 7) is 3.76. The molecule has 0 amide bonds. The fourth-order valence-electron chi connectivity index (χ4n) is 1.43. The molecule has 1 atom stereocenters. The fraction of sp³-hybridized carbons (Fsp3) is 0.500. The number of ether oxygens (including phenoxy) is 1. The summed E-state index contributed by atoms with van der Waals surface area (Å²) in [7, 11) is 1.38. The number of nitrogens with one attached hydrogen (secondary N) is 1. The van der Waals surface area contributed by atoms with Gasteiger partial charge in [-0.05, 0) is 25.5 Å². The molecule has 0 saturated carbocycles. The molecule has 2 N–H and O–H groups in total. The number of rotatable bonds is 6.